The molecular weight excluding hydrogens is 266 g/mol. The first kappa shape index (κ1) is 16.9. The van der Waals surface area contributed by atoms with E-state index in [1.165, 1.54) is 6.92 Å². The summed E-state index contributed by atoms with van der Waals surface area (Å²) in [7, 11) is 0. The van der Waals surface area contributed by atoms with Gasteiger partial charge >= 0.3 is 0 Å². The second-order valence-electron chi connectivity index (χ2n) is 4.66. The molecule has 0 radical (unpaired) electrons. The normalized spacial score (nSPS) is 11.1. The van der Waals surface area contributed by atoms with E-state index in [1.54, 1.807) is 12.1 Å². The van der Waals surface area contributed by atoms with E-state index in [0.29, 0.717) is 30.1 Å². The summed E-state index contributed by atoms with van der Waals surface area (Å²) in [6.45, 7) is 6.51. The number of anilines is 1. The molecule has 2 amide bonds. The van der Waals surface area contributed by atoms with Gasteiger partial charge in [-0.05, 0) is 19.4 Å². The fourth-order valence-electron chi connectivity index (χ4n) is 1.89. The molecule has 0 bridgehead atoms. The Labute approximate surface area is 125 Å². The summed E-state index contributed by atoms with van der Waals surface area (Å²) in [5.74, 6) is -0.382. The van der Waals surface area contributed by atoms with Crippen molar-refractivity contribution in [3.8, 4) is 0 Å². The maximum absolute atomic E-state index is 12.3. The molecule has 0 saturated carbocycles. The summed E-state index contributed by atoms with van der Waals surface area (Å²) in [4.78, 5) is 27.9. The van der Waals surface area contributed by atoms with Crippen LogP contribution in [0.4, 0.5) is 5.69 Å². The molecule has 0 aliphatic rings. The van der Waals surface area contributed by atoms with Crippen molar-refractivity contribution in [1.82, 2.24) is 5.32 Å². The predicted octanol–water partition coefficient (Wildman–Crippen LogP) is 2.37. The monoisotopic (exact) mass is 289 g/mol. The molecule has 0 saturated heterocycles. The van der Waals surface area contributed by atoms with E-state index in [1.807, 2.05) is 19.1 Å². The number of carbonyl (C=O) groups excluding carboxylic acids is 2. The Balaban J connectivity index is 3.03. The molecule has 0 aliphatic carbocycles. The molecule has 1 aromatic rings. The quantitative estimate of drug-likeness (QED) is 0.597. The third-order valence-corrected chi connectivity index (χ3v) is 2.84. The van der Waals surface area contributed by atoms with Gasteiger partial charge in [0.1, 0.15) is 5.71 Å². The molecule has 0 unspecified atom stereocenters. The predicted molar refractivity (Wildman–Crippen MR) is 85.7 cm³/mol. The zero-order valence-corrected chi connectivity index (χ0v) is 12.9. The molecule has 21 heavy (non-hydrogen) atoms. The Morgan fingerprint density at radius 1 is 1.19 bits per heavy atom. The summed E-state index contributed by atoms with van der Waals surface area (Å²) < 4.78 is 0. The van der Waals surface area contributed by atoms with Gasteiger partial charge in [0.15, 0.2) is 0 Å². The Hall–Kier alpha value is -2.17. The van der Waals surface area contributed by atoms with Crippen molar-refractivity contribution in [2.75, 3.05) is 18.4 Å². The third kappa shape index (κ3) is 5.38. The number of para-hydroxylation sites is 1. The first-order valence-electron chi connectivity index (χ1n) is 7.29. The van der Waals surface area contributed by atoms with Crippen LogP contribution in [0.25, 0.3) is 0 Å². The summed E-state index contributed by atoms with van der Waals surface area (Å²) >= 11 is 0. The van der Waals surface area contributed by atoms with Crippen LogP contribution in [0, 0.1) is 0 Å². The van der Waals surface area contributed by atoms with Crippen LogP contribution in [-0.2, 0) is 9.59 Å². The molecule has 1 rings (SSSR count). The average Bonchev–Trinajstić information content (AvgIpc) is 2.45. The third-order valence-electron chi connectivity index (χ3n) is 2.84. The topological polar surface area (TPSA) is 70.6 Å². The molecule has 5 nitrogen and oxygen atoms in total. The van der Waals surface area contributed by atoms with Gasteiger partial charge in [-0.1, -0.05) is 31.5 Å². The number of hydrogen-bond acceptors (Lipinski definition) is 3. The number of unbranched alkanes of at least 4 members (excludes halogenated alkanes) is 1. The molecule has 0 atom stereocenters. The highest BCUT2D eigenvalue weighted by molar-refractivity contribution is 6.46. The van der Waals surface area contributed by atoms with Crippen LogP contribution in [0.5, 0.6) is 0 Å². The largest absolute Gasteiger partial charge is 0.351 e. The highest BCUT2D eigenvalue weighted by Crippen LogP contribution is 2.16. The smallest absolute Gasteiger partial charge is 0.270 e. The van der Waals surface area contributed by atoms with Crippen molar-refractivity contribution in [2.24, 2.45) is 4.99 Å². The lowest BCUT2D eigenvalue weighted by Crippen LogP contribution is -2.33. The fraction of sp³-hybridized carbons (Fsp3) is 0.438. The van der Waals surface area contributed by atoms with E-state index in [-0.39, 0.29) is 11.8 Å². The van der Waals surface area contributed by atoms with Gasteiger partial charge in [-0.2, -0.15) is 0 Å². The minimum Gasteiger partial charge on any atom is -0.351 e. The van der Waals surface area contributed by atoms with Crippen molar-refractivity contribution in [3.63, 3.8) is 0 Å². The van der Waals surface area contributed by atoms with Crippen LogP contribution in [0.15, 0.2) is 29.3 Å². The van der Waals surface area contributed by atoms with Gasteiger partial charge in [-0.3, -0.25) is 14.6 Å². The molecule has 0 heterocycles. The summed E-state index contributed by atoms with van der Waals surface area (Å²) in [5.41, 5.74) is 1.60. The van der Waals surface area contributed by atoms with Crippen molar-refractivity contribution in [3.05, 3.63) is 29.8 Å². The van der Waals surface area contributed by atoms with Crippen LogP contribution in [-0.4, -0.2) is 30.6 Å². The van der Waals surface area contributed by atoms with E-state index in [9.17, 15) is 9.59 Å². The Bertz CT molecular complexity index is 524. The number of rotatable bonds is 7. The van der Waals surface area contributed by atoms with Gasteiger partial charge in [0.25, 0.3) is 5.91 Å². The molecule has 2 N–H and O–H groups in total. The SMILES string of the molecule is CCCCNC(=O)C(=NCC)c1ccccc1NC(C)=O. The van der Waals surface area contributed by atoms with Gasteiger partial charge in [-0.25, -0.2) is 0 Å². The van der Waals surface area contributed by atoms with E-state index in [0.717, 1.165) is 12.8 Å². The first-order valence-corrected chi connectivity index (χ1v) is 7.29. The standard InChI is InChI=1S/C16H23N3O2/c1-4-6-11-18-16(21)15(17-5-2)13-9-7-8-10-14(13)19-12(3)20/h7-10H,4-6,11H2,1-3H3,(H,18,21)(H,19,20). The Morgan fingerprint density at radius 3 is 2.52 bits per heavy atom. The highest BCUT2D eigenvalue weighted by Gasteiger charge is 2.16. The second-order valence-corrected chi connectivity index (χ2v) is 4.66. The van der Waals surface area contributed by atoms with Gasteiger partial charge in [0.2, 0.25) is 5.91 Å². The van der Waals surface area contributed by atoms with Crippen molar-refractivity contribution < 1.29 is 9.59 Å². The molecule has 0 aliphatic heterocycles. The lowest BCUT2D eigenvalue weighted by atomic mass is 10.1. The summed E-state index contributed by atoms with van der Waals surface area (Å²) in [5, 5.41) is 5.60. The zero-order chi connectivity index (χ0) is 15.7. The maximum Gasteiger partial charge on any atom is 0.270 e. The number of carbonyl (C=O) groups is 2. The molecule has 5 heteroatoms. The lowest BCUT2D eigenvalue weighted by Gasteiger charge is -2.12. The molecule has 0 aromatic heterocycles. The summed E-state index contributed by atoms with van der Waals surface area (Å²) in [6.07, 6.45) is 1.95. The van der Waals surface area contributed by atoms with E-state index in [2.05, 4.69) is 22.5 Å². The van der Waals surface area contributed by atoms with Crippen LogP contribution >= 0.6 is 0 Å². The average molecular weight is 289 g/mol. The molecule has 1 aromatic carbocycles. The number of nitrogens with zero attached hydrogens (tertiary/aromatic N) is 1. The second kappa shape index (κ2) is 8.89. The van der Waals surface area contributed by atoms with E-state index in [4.69, 9.17) is 0 Å². The fourth-order valence-corrected chi connectivity index (χ4v) is 1.89. The van der Waals surface area contributed by atoms with Gasteiger partial charge in [-0.15, -0.1) is 0 Å². The maximum atomic E-state index is 12.3. The zero-order valence-electron chi connectivity index (χ0n) is 12.9. The molecular formula is C16H23N3O2. The molecule has 114 valence electrons. The molecule has 0 fully saturated rings. The number of amides is 2. The van der Waals surface area contributed by atoms with Gasteiger partial charge < -0.3 is 10.6 Å². The number of hydrogen-bond donors (Lipinski definition) is 2. The number of nitrogens with one attached hydrogen (secondary N) is 2. The van der Waals surface area contributed by atoms with Crippen molar-refractivity contribution in [1.29, 1.82) is 0 Å². The number of aliphatic imine (C=N–C) groups is 1. The van der Waals surface area contributed by atoms with Crippen LogP contribution < -0.4 is 10.6 Å². The Morgan fingerprint density at radius 2 is 1.90 bits per heavy atom. The van der Waals surface area contributed by atoms with Crippen LogP contribution in [0.1, 0.15) is 39.2 Å². The number of benzene rings is 1. The van der Waals surface area contributed by atoms with Gasteiger partial charge in [0, 0.05) is 25.6 Å². The molecule has 0 spiro atoms. The van der Waals surface area contributed by atoms with E-state index >= 15 is 0 Å². The Kier molecular flexibility index (Phi) is 7.15. The van der Waals surface area contributed by atoms with Crippen molar-refractivity contribution in [2.45, 2.75) is 33.6 Å². The van der Waals surface area contributed by atoms with Crippen LogP contribution in [0.3, 0.4) is 0 Å². The minimum absolute atomic E-state index is 0.176. The minimum atomic E-state index is -0.205. The summed E-state index contributed by atoms with van der Waals surface area (Å²) in [6, 6.07) is 7.19. The van der Waals surface area contributed by atoms with E-state index < -0.39 is 0 Å². The highest BCUT2D eigenvalue weighted by atomic mass is 16.2. The first-order chi connectivity index (χ1) is 10.1. The van der Waals surface area contributed by atoms with Crippen LogP contribution in [0.2, 0.25) is 0 Å². The lowest BCUT2D eigenvalue weighted by molar-refractivity contribution is -0.115. The van der Waals surface area contributed by atoms with Crippen molar-refractivity contribution >= 4 is 23.2 Å². The van der Waals surface area contributed by atoms with Gasteiger partial charge in [0.05, 0.1) is 5.69 Å².